The number of hydrogen-bond acceptors (Lipinski definition) is 7. The molecule has 1 aromatic carbocycles. The number of rotatable bonds is 5. The lowest BCUT2D eigenvalue weighted by Crippen LogP contribution is -2.44. The number of nitrogens with zero attached hydrogens (tertiary/aromatic N) is 3. The van der Waals surface area contributed by atoms with Gasteiger partial charge in [-0.3, -0.25) is 9.78 Å². The minimum Gasteiger partial charge on any atom is -0.390 e. The molecule has 1 fully saturated rings. The number of halogens is 3. The van der Waals surface area contributed by atoms with E-state index in [1.807, 2.05) is 0 Å². The molecule has 34 heavy (non-hydrogen) atoms. The Hall–Kier alpha value is -3.65. The minimum absolute atomic E-state index is 0.0178. The van der Waals surface area contributed by atoms with Crippen LogP contribution in [0.5, 0.6) is 0 Å². The van der Waals surface area contributed by atoms with E-state index in [0.717, 1.165) is 30.3 Å². The molecule has 1 aliphatic heterocycles. The molecule has 4 atom stereocenters. The van der Waals surface area contributed by atoms with Crippen molar-refractivity contribution in [2.75, 3.05) is 0 Å². The summed E-state index contributed by atoms with van der Waals surface area (Å²) in [6.07, 6.45) is -2.07. The number of benzene rings is 1. The van der Waals surface area contributed by atoms with E-state index >= 15 is 0 Å². The number of aliphatic hydroxyl groups excluding tert-OH is 2. The summed E-state index contributed by atoms with van der Waals surface area (Å²) in [5.41, 5.74) is -0.664. The number of ether oxygens (including phenoxy) is 1. The van der Waals surface area contributed by atoms with Crippen molar-refractivity contribution in [2.45, 2.75) is 37.3 Å². The van der Waals surface area contributed by atoms with Gasteiger partial charge in [-0.1, -0.05) is 6.07 Å². The third-order valence-electron chi connectivity index (χ3n) is 5.57. The fourth-order valence-electron chi connectivity index (χ4n) is 3.84. The third kappa shape index (κ3) is 4.54. The quantitative estimate of drug-likeness (QED) is 0.552. The zero-order chi connectivity index (χ0) is 24.4. The monoisotopic (exact) mass is 469 g/mol. The van der Waals surface area contributed by atoms with Gasteiger partial charge >= 0.3 is 0 Å². The summed E-state index contributed by atoms with van der Waals surface area (Å²) in [7, 11) is 0. The summed E-state index contributed by atoms with van der Waals surface area (Å²) in [4.78, 5) is 20.8. The number of ketones is 1. The van der Waals surface area contributed by atoms with Gasteiger partial charge in [0.15, 0.2) is 11.9 Å². The fraction of sp³-hybridized carbons (Fsp3) is 0.250. The number of carbonyl (C=O) groups is 1. The van der Waals surface area contributed by atoms with Crippen LogP contribution < -0.4 is 0 Å². The Labute approximate surface area is 192 Å². The molecular formula is C24H18F3N3O4. The first-order valence-electron chi connectivity index (χ1n) is 10.3. The maximum Gasteiger partial charge on any atom is 0.185 e. The predicted octanol–water partition coefficient (Wildman–Crippen LogP) is 3.06. The number of Topliss-reactive ketones (excluding diaryl/α,β-unsaturated/α-hetero) is 1. The van der Waals surface area contributed by atoms with Gasteiger partial charge in [0, 0.05) is 25.2 Å². The van der Waals surface area contributed by atoms with Crippen LogP contribution in [0.25, 0.3) is 11.3 Å². The van der Waals surface area contributed by atoms with E-state index in [1.54, 1.807) is 12.1 Å². The molecule has 10 heteroatoms. The molecule has 2 aromatic heterocycles. The van der Waals surface area contributed by atoms with E-state index in [0.29, 0.717) is 11.1 Å². The van der Waals surface area contributed by atoms with Gasteiger partial charge < -0.3 is 14.9 Å². The van der Waals surface area contributed by atoms with Crippen molar-refractivity contribution in [3.8, 4) is 17.3 Å². The van der Waals surface area contributed by atoms with Crippen LogP contribution in [-0.2, 0) is 11.2 Å². The number of pyridine rings is 2. The van der Waals surface area contributed by atoms with Crippen molar-refractivity contribution < 1.29 is 32.9 Å². The Morgan fingerprint density at radius 3 is 2.56 bits per heavy atom. The molecule has 7 nitrogen and oxygen atoms in total. The number of carbonyl (C=O) groups excluding carboxylic acids is 1. The molecule has 0 unspecified atom stereocenters. The molecule has 2 N–H and O–H groups in total. The highest BCUT2D eigenvalue weighted by atomic mass is 19.1. The Morgan fingerprint density at radius 2 is 1.85 bits per heavy atom. The van der Waals surface area contributed by atoms with E-state index in [-0.39, 0.29) is 18.5 Å². The van der Waals surface area contributed by atoms with E-state index in [9.17, 15) is 33.4 Å². The minimum atomic E-state index is -1.37. The van der Waals surface area contributed by atoms with Gasteiger partial charge in [-0.15, -0.1) is 0 Å². The molecule has 1 saturated heterocycles. The highest BCUT2D eigenvalue weighted by molar-refractivity contribution is 5.96. The molecular weight excluding hydrogens is 451 g/mol. The second kappa shape index (κ2) is 9.69. The van der Waals surface area contributed by atoms with Gasteiger partial charge in [0.1, 0.15) is 34.9 Å². The molecule has 1 aliphatic rings. The molecule has 0 spiro atoms. The smallest absolute Gasteiger partial charge is 0.185 e. The number of hydrogen-bond donors (Lipinski definition) is 2. The van der Waals surface area contributed by atoms with Crippen LogP contribution in [0, 0.1) is 28.8 Å². The fourth-order valence-corrected chi connectivity index (χ4v) is 3.84. The maximum atomic E-state index is 14.3. The zero-order valence-electron chi connectivity index (χ0n) is 17.5. The summed E-state index contributed by atoms with van der Waals surface area (Å²) < 4.78 is 48.3. The van der Waals surface area contributed by atoms with E-state index in [2.05, 4.69) is 9.97 Å². The lowest BCUT2D eigenvalue weighted by molar-refractivity contribution is -0.150. The standard InChI is InChI=1S/C24H18F3N3O4/c25-14-2-1-3-15(26)22(14)23-16(27)4-5-17(30-23)18(31)8-12-11-29-7-6-13(12)20-9-19(32)24(33)21(10-28)34-20/h1-7,11,19-21,24,32-33H,8-9H2/t19-,20-,21-,24+/m1/s1. The molecule has 4 rings (SSSR count). The Bertz CT molecular complexity index is 1260. The van der Waals surface area contributed by atoms with Gasteiger partial charge in [-0.25, -0.2) is 18.2 Å². The van der Waals surface area contributed by atoms with Crippen molar-refractivity contribution >= 4 is 5.78 Å². The molecule has 3 aromatic rings. The average molecular weight is 469 g/mol. The normalized spacial score (nSPS) is 22.2. The van der Waals surface area contributed by atoms with Gasteiger partial charge in [0.05, 0.1) is 23.8 Å². The van der Waals surface area contributed by atoms with Crippen molar-refractivity contribution in [3.63, 3.8) is 0 Å². The highest BCUT2D eigenvalue weighted by Gasteiger charge is 2.38. The van der Waals surface area contributed by atoms with E-state index in [4.69, 9.17) is 4.74 Å². The van der Waals surface area contributed by atoms with Crippen LogP contribution in [0.1, 0.15) is 34.1 Å². The third-order valence-corrected chi connectivity index (χ3v) is 5.57. The SMILES string of the molecule is N#C[C@H]1O[C@@H](c2ccncc2CC(=O)c2ccc(F)c(-c3c(F)cccc3F)n2)C[C@@H](O)[C@@H]1O. The van der Waals surface area contributed by atoms with Crippen molar-refractivity contribution in [1.82, 2.24) is 9.97 Å². The second-order valence-electron chi connectivity index (χ2n) is 7.77. The first kappa shape index (κ1) is 23.5. The van der Waals surface area contributed by atoms with Gasteiger partial charge in [-0.05, 0) is 41.5 Å². The second-order valence-corrected chi connectivity index (χ2v) is 7.77. The molecule has 3 heterocycles. The molecule has 0 amide bonds. The highest BCUT2D eigenvalue weighted by Crippen LogP contribution is 2.34. The number of aromatic nitrogens is 2. The lowest BCUT2D eigenvalue weighted by Gasteiger charge is -2.34. The Kier molecular flexibility index (Phi) is 6.70. The van der Waals surface area contributed by atoms with Crippen LogP contribution in [0.2, 0.25) is 0 Å². The maximum absolute atomic E-state index is 14.3. The van der Waals surface area contributed by atoms with Crippen molar-refractivity contribution in [3.05, 3.63) is 83.1 Å². The first-order chi connectivity index (χ1) is 16.3. The van der Waals surface area contributed by atoms with Crippen LogP contribution in [0.15, 0.2) is 48.8 Å². The summed E-state index contributed by atoms with van der Waals surface area (Å²) >= 11 is 0. The average Bonchev–Trinajstić information content (AvgIpc) is 2.82. The molecule has 174 valence electrons. The molecule has 0 radical (unpaired) electrons. The molecule has 0 saturated carbocycles. The Balaban J connectivity index is 1.63. The summed E-state index contributed by atoms with van der Waals surface area (Å²) in [6.45, 7) is 0. The van der Waals surface area contributed by atoms with Gasteiger partial charge in [0.25, 0.3) is 0 Å². The lowest BCUT2D eigenvalue weighted by atomic mass is 9.91. The van der Waals surface area contributed by atoms with E-state index in [1.165, 1.54) is 12.4 Å². The van der Waals surface area contributed by atoms with Crippen molar-refractivity contribution in [1.29, 1.82) is 5.26 Å². The van der Waals surface area contributed by atoms with Gasteiger partial charge in [0.2, 0.25) is 0 Å². The van der Waals surface area contributed by atoms with Crippen LogP contribution in [-0.4, -0.2) is 44.3 Å². The summed E-state index contributed by atoms with van der Waals surface area (Å²) in [6, 6.07) is 8.41. The molecule has 0 aliphatic carbocycles. The van der Waals surface area contributed by atoms with Gasteiger partial charge in [-0.2, -0.15) is 5.26 Å². The number of aliphatic hydroxyl groups is 2. The van der Waals surface area contributed by atoms with Crippen molar-refractivity contribution in [2.24, 2.45) is 0 Å². The zero-order valence-corrected chi connectivity index (χ0v) is 17.5. The van der Waals surface area contributed by atoms with E-state index < -0.39 is 58.9 Å². The summed E-state index contributed by atoms with van der Waals surface area (Å²) in [5.74, 6) is -3.62. The number of nitriles is 1. The Morgan fingerprint density at radius 1 is 1.12 bits per heavy atom. The topological polar surface area (TPSA) is 116 Å². The summed E-state index contributed by atoms with van der Waals surface area (Å²) in [5, 5.41) is 29.2. The largest absolute Gasteiger partial charge is 0.390 e. The van der Waals surface area contributed by atoms with Crippen LogP contribution >= 0.6 is 0 Å². The van der Waals surface area contributed by atoms with Crippen LogP contribution in [0.4, 0.5) is 13.2 Å². The molecule has 0 bridgehead atoms. The van der Waals surface area contributed by atoms with Crippen LogP contribution in [0.3, 0.4) is 0 Å². The predicted molar refractivity (Wildman–Crippen MR) is 112 cm³/mol. The first-order valence-corrected chi connectivity index (χ1v) is 10.3.